The standard InChI is InChI=1S/C21H32N4O3S/c1-15(2)19(14-22)24-9-11-25(12-10-24)20(26)18-13-17(8-7-16(18)3)29(27,28)23-21(4,5)6/h7-8,13,15,19,23H,9-12H2,1-6H3. The Hall–Kier alpha value is -1.95. The number of hydrogen-bond donors (Lipinski definition) is 1. The van der Waals surface area contributed by atoms with Crippen LogP contribution in [-0.2, 0) is 10.0 Å². The molecule has 1 fully saturated rings. The van der Waals surface area contributed by atoms with Crippen LogP contribution in [-0.4, -0.2) is 61.9 Å². The molecule has 1 aliphatic heterocycles. The van der Waals surface area contributed by atoms with Crippen molar-refractivity contribution in [3.05, 3.63) is 29.3 Å². The minimum Gasteiger partial charge on any atom is -0.336 e. The molecule has 1 heterocycles. The van der Waals surface area contributed by atoms with Crippen LogP contribution >= 0.6 is 0 Å². The van der Waals surface area contributed by atoms with E-state index < -0.39 is 15.6 Å². The van der Waals surface area contributed by atoms with Gasteiger partial charge in [-0.25, -0.2) is 13.1 Å². The molecule has 1 aliphatic rings. The Morgan fingerprint density at radius 3 is 2.24 bits per heavy atom. The predicted molar refractivity (Wildman–Crippen MR) is 113 cm³/mol. The normalized spacial score (nSPS) is 17.2. The lowest BCUT2D eigenvalue weighted by molar-refractivity contribution is 0.0576. The molecular formula is C21H32N4O3S. The second-order valence-corrected chi connectivity index (χ2v) is 10.7. The summed E-state index contributed by atoms with van der Waals surface area (Å²) in [7, 11) is -3.72. The Labute approximate surface area is 174 Å². The van der Waals surface area contributed by atoms with Gasteiger partial charge in [0.05, 0.1) is 11.0 Å². The molecule has 0 bridgehead atoms. The summed E-state index contributed by atoms with van der Waals surface area (Å²) in [5.74, 6) is 0.0507. The van der Waals surface area contributed by atoms with E-state index in [1.165, 1.54) is 12.1 Å². The fraction of sp³-hybridized carbons (Fsp3) is 0.619. The molecular weight excluding hydrogens is 388 g/mol. The van der Waals surface area contributed by atoms with Crippen molar-refractivity contribution in [2.75, 3.05) is 26.2 Å². The van der Waals surface area contributed by atoms with Crippen LogP contribution in [0.3, 0.4) is 0 Å². The summed E-state index contributed by atoms with van der Waals surface area (Å²) in [5.41, 5.74) is 0.526. The van der Waals surface area contributed by atoms with Gasteiger partial charge >= 0.3 is 0 Å². The van der Waals surface area contributed by atoms with Crippen LogP contribution in [0.5, 0.6) is 0 Å². The molecule has 1 aromatic carbocycles. The third-order valence-corrected chi connectivity index (χ3v) is 6.70. The van der Waals surface area contributed by atoms with Crippen molar-refractivity contribution in [1.29, 1.82) is 5.26 Å². The van der Waals surface area contributed by atoms with Crippen molar-refractivity contribution in [1.82, 2.24) is 14.5 Å². The first-order valence-electron chi connectivity index (χ1n) is 9.93. The number of nitrogens with zero attached hydrogens (tertiary/aromatic N) is 3. The molecule has 0 aliphatic carbocycles. The summed E-state index contributed by atoms with van der Waals surface area (Å²) in [5, 5.41) is 9.39. The Kier molecular flexibility index (Phi) is 7.10. The summed E-state index contributed by atoms with van der Waals surface area (Å²) < 4.78 is 27.9. The van der Waals surface area contributed by atoms with Crippen molar-refractivity contribution < 1.29 is 13.2 Å². The number of benzene rings is 1. The molecule has 1 N–H and O–H groups in total. The number of aryl methyl sites for hydroxylation is 1. The van der Waals surface area contributed by atoms with Crippen molar-refractivity contribution in [2.24, 2.45) is 5.92 Å². The quantitative estimate of drug-likeness (QED) is 0.789. The molecule has 29 heavy (non-hydrogen) atoms. The zero-order chi connectivity index (χ0) is 22.0. The van der Waals surface area contributed by atoms with Crippen LogP contribution in [0.25, 0.3) is 0 Å². The van der Waals surface area contributed by atoms with Crippen LogP contribution in [0.1, 0.15) is 50.5 Å². The molecule has 160 valence electrons. The number of hydrogen-bond acceptors (Lipinski definition) is 5. The maximum Gasteiger partial charge on any atom is 0.254 e. The van der Waals surface area contributed by atoms with E-state index in [-0.39, 0.29) is 22.8 Å². The van der Waals surface area contributed by atoms with Crippen LogP contribution < -0.4 is 4.72 Å². The Morgan fingerprint density at radius 1 is 1.17 bits per heavy atom. The zero-order valence-corrected chi connectivity index (χ0v) is 19.0. The van der Waals surface area contributed by atoms with Gasteiger partial charge in [-0.15, -0.1) is 0 Å². The van der Waals surface area contributed by atoms with Gasteiger partial charge < -0.3 is 4.90 Å². The molecule has 0 saturated carbocycles. The van der Waals surface area contributed by atoms with Crippen molar-refractivity contribution in [3.63, 3.8) is 0 Å². The van der Waals surface area contributed by atoms with Crippen LogP contribution in [0.4, 0.5) is 0 Å². The number of amides is 1. The zero-order valence-electron chi connectivity index (χ0n) is 18.2. The van der Waals surface area contributed by atoms with E-state index in [1.807, 2.05) is 20.8 Å². The monoisotopic (exact) mass is 420 g/mol. The minimum absolute atomic E-state index is 0.0874. The molecule has 2 rings (SSSR count). The molecule has 0 radical (unpaired) electrons. The Morgan fingerprint density at radius 2 is 1.76 bits per heavy atom. The highest BCUT2D eigenvalue weighted by Crippen LogP contribution is 2.21. The van der Waals surface area contributed by atoms with Gasteiger partial charge in [0, 0.05) is 37.3 Å². The third kappa shape index (κ3) is 5.78. The highest BCUT2D eigenvalue weighted by Gasteiger charge is 2.29. The lowest BCUT2D eigenvalue weighted by Gasteiger charge is -2.38. The highest BCUT2D eigenvalue weighted by molar-refractivity contribution is 7.89. The van der Waals surface area contributed by atoms with E-state index in [4.69, 9.17) is 0 Å². The van der Waals surface area contributed by atoms with E-state index in [2.05, 4.69) is 15.7 Å². The first kappa shape index (κ1) is 23.3. The average Bonchev–Trinajstić information content (AvgIpc) is 2.60. The SMILES string of the molecule is Cc1ccc(S(=O)(=O)NC(C)(C)C)cc1C(=O)N1CCN(C(C#N)C(C)C)CC1. The Balaban J connectivity index is 2.19. The smallest absolute Gasteiger partial charge is 0.254 e. The second-order valence-electron chi connectivity index (χ2n) is 8.98. The van der Waals surface area contributed by atoms with Gasteiger partial charge in [0.15, 0.2) is 0 Å². The number of sulfonamides is 1. The fourth-order valence-electron chi connectivity index (χ4n) is 3.49. The van der Waals surface area contributed by atoms with Crippen molar-refractivity contribution >= 4 is 15.9 Å². The lowest BCUT2D eigenvalue weighted by Crippen LogP contribution is -2.53. The maximum atomic E-state index is 13.1. The molecule has 0 spiro atoms. The summed E-state index contributed by atoms with van der Waals surface area (Å²) in [6.45, 7) is 13.5. The van der Waals surface area contributed by atoms with Gasteiger partial charge in [0.2, 0.25) is 10.0 Å². The van der Waals surface area contributed by atoms with E-state index in [9.17, 15) is 18.5 Å². The molecule has 1 atom stereocenters. The van der Waals surface area contributed by atoms with Crippen LogP contribution in [0.15, 0.2) is 23.1 Å². The van der Waals surface area contributed by atoms with E-state index in [0.29, 0.717) is 31.7 Å². The van der Waals surface area contributed by atoms with Gasteiger partial charge in [-0.3, -0.25) is 9.69 Å². The maximum absolute atomic E-state index is 13.1. The minimum atomic E-state index is -3.72. The summed E-state index contributed by atoms with van der Waals surface area (Å²) in [4.78, 5) is 17.0. The molecule has 7 nitrogen and oxygen atoms in total. The summed E-state index contributed by atoms with van der Waals surface area (Å²) in [6.07, 6.45) is 0. The van der Waals surface area contributed by atoms with E-state index in [1.54, 1.807) is 31.7 Å². The summed E-state index contributed by atoms with van der Waals surface area (Å²) in [6, 6.07) is 6.85. The second kappa shape index (κ2) is 8.82. The van der Waals surface area contributed by atoms with Gasteiger partial charge in [0.25, 0.3) is 5.91 Å². The number of nitriles is 1. The fourth-order valence-corrected chi connectivity index (χ4v) is 4.93. The molecule has 1 saturated heterocycles. The number of rotatable bonds is 5. The van der Waals surface area contributed by atoms with Crippen molar-refractivity contribution in [3.8, 4) is 6.07 Å². The van der Waals surface area contributed by atoms with Crippen molar-refractivity contribution in [2.45, 2.75) is 58.0 Å². The van der Waals surface area contributed by atoms with Gasteiger partial charge in [-0.05, 0) is 51.3 Å². The third-order valence-electron chi connectivity index (χ3n) is 4.95. The number of carbonyl (C=O) groups excluding carboxylic acids is 1. The number of carbonyl (C=O) groups is 1. The van der Waals surface area contributed by atoms with Gasteiger partial charge in [-0.2, -0.15) is 5.26 Å². The van der Waals surface area contributed by atoms with Gasteiger partial charge in [0.1, 0.15) is 6.04 Å². The topological polar surface area (TPSA) is 93.5 Å². The molecule has 8 heteroatoms. The first-order chi connectivity index (χ1) is 13.4. The highest BCUT2D eigenvalue weighted by atomic mass is 32.2. The Bertz CT molecular complexity index is 889. The predicted octanol–water partition coefficient (Wildman–Crippen LogP) is 2.38. The number of nitrogens with one attached hydrogen (secondary N) is 1. The molecule has 1 aromatic rings. The number of piperazine rings is 1. The molecule has 1 unspecified atom stereocenters. The van der Waals surface area contributed by atoms with Gasteiger partial charge in [-0.1, -0.05) is 19.9 Å². The summed E-state index contributed by atoms with van der Waals surface area (Å²) >= 11 is 0. The van der Waals surface area contributed by atoms with Crippen LogP contribution in [0, 0.1) is 24.2 Å². The molecule has 0 aromatic heterocycles. The van der Waals surface area contributed by atoms with Crippen LogP contribution in [0.2, 0.25) is 0 Å². The largest absolute Gasteiger partial charge is 0.336 e. The average molecular weight is 421 g/mol. The van der Waals surface area contributed by atoms with E-state index >= 15 is 0 Å². The lowest BCUT2D eigenvalue weighted by atomic mass is 10.0. The molecule has 1 amide bonds. The first-order valence-corrected chi connectivity index (χ1v) is 11.4. The van der Waals surface area contributed by atoms with E-state index in [0.717, 1.165) is 5.56 Å².